The Morgan fingerprint density at radius 3 is 1.93 bits per heavy atom. The fourth-order valence-electron chi connectivity index (χ4n) is 0.685. The average Bonchev–Trinajstić information content (AvgIpc) is 2.15. The first-order valence-electron chi connectivity index (χ1n) is 4.43. The molecular weight excluding hydrogens is 195 g/mol. The van der Waals surface area contributed by atoms with Crippen molar-refractivity contribution in [2.45, 2.75) is 6.36 Å². The zero-order chi connectivity index (χ0) is 10.6. The van der Waals surface area contributed by atoms with Crippen LogP contribution >= 0.6 is 0 Å². The lowest BCUT2D eigenvalue weighted by molar-refractivity contribution is -0.0546. The molecule has 0 rings (SSSR count). The van der Waals surface area contributed by atoms with Crippen LogP contribution in [0.15, 0.2) is 0 Å². The minimum Gasteiger partial charge on any atom is -0.394 e. The molecule has 0 bridgehead atoms. The van der Waals surface area contributed by atoms with Crippen LogP contribution in [0.4, 0.5) is 4.39 Å². The number of ether oxygens (including phenoxy) is 3. The fraction of sp³-hybridized carbons (Fsp3) is 1.00. The third-order valence-corrected chi connectivity index (χ3v) is 1.24. The van der Waals surface area contributed by atoms with Gasteiger partial charge in [-0.1, -0.05) is 0 Å². The first kappa shape index (κ1) is 13.7. The highest BCUT2D eigenvalue weighted by molar-refractivity contribution is 4.35. The third kappa shape index (κ3) is 11.7. The van der Waals surface area contributed by atoms with E-state index in [4.69, 9.17) is 24.4 Å². The maximum absolute atomic E-state index is 11.8. The molecule has 0 aromatic heterocycles. The van der Waals surface area contributed by atoms with Crippen molar-refractivity contribution in [3.05, 3.63) is 0 Å². The smallest absolute Gasteiger partial charge is 0.220 e. The van der Waals surface area contributed by atoms with Gasteiger partial charge in [0.25, 0.3) is 0 Å². The normalized spacial score (nSPS) is 13.1. The van der Waals surface area contributed by atoms with Crippen LogP contribution < -0.4 is 0 Å². The molecule has 0 spiro atoms. The number of rotatable bonds is 10. The SMILES string of the molecule is OCCOCCOCCOCC(O)F. The lowest BCUT2D eigenvalue weighted by atomic mass is 10.7. The van der Waals surface area contributed by atoms with Crippen LogP contribution in [0.3, 0.4) is 0 Å². The predicted octanol–water partition coefficient (Wildman–Crippen LogP) is -0.684. The minimum atomic E-state index is -1.93. The van der Waals surface area contributed by atoms with E-state index >= 15 is 0 Å². The summed E-state index contributed by atoms with van der Waals surface area (Å²) in [6.07, 6.45) is -1.93. The Bertz CT molecular complexity index is 112. The minimum absolute atomic E-state index is 0.00248. The van der Waals surface area contributed by atoms with Crippen molar-refractivity contribution in [1.82, 2.24) is 0 Å². The van der Waals surface area contributed by atoms with E-state index in [0.29, 0.717) is 26.4 Å². The fourth-order valence-corrected chi connectivity index (χ4v) is 0.685. The van der Waals surface area contributed by atoms with E-state index in [1.165, 1.54) is 0 Å². The van der Waals surface area contributed by atoms with E-state index in [0.717, 1.165) is 0 Å². The van der Waals surface area contributed by atoms with E-state index in [1.54, 1.807) is 0 Å². The molecule has 1 atom stereocenters. The van der Waals surface area contributed by atoms with E-state index < -0.39 is 6.36 Å². The molecule has 0 aromatic carbocycles. The molecule has 0 aromatic rings. The van der Waals surface area contributed by atoms with Gasteiger partial charge in [-0.25, -0.2) is 4.39 Å². The van der Waals surface area contributed by atoms with Gasteiger partial charge in [-0.05, 0) is 0 Å². The number of aliphatic hydroxyl groups excluding tert-OH is 2. The molecule has 0 fully saturated rings. The van der Waals surface area contributed by atoms with Gasteiger partial charge in [-0.15, -0.1) is 0 Å². The molecule has 14 heavy (non-hydrogen) atoms. The van der Waals surface area contributed by atoms with E-state index in [9.17, 15) is 4.39 Å². The molecule has 0 aliphatic carbocycles. The molecule has 5 nitrogen and oxygen atoms in total. The van der Waals surface area contributed by atoms with Crippen LogP contribution in [0.25, 0.3) is 0 Å². The first-order chi connectivity index (χ1) is 6.77. The molecule has 0 aliphatic rings. The molecule has 0 saturated carbocycles. The molecule has 0 radical (unpaired) electrons. The average molecular weight is 212 g/mol. The Kier molecular flexibility index (Phi) is 10.6. The van der Waals surface area contributed by atoms with Crippen LogP contribution in [0.5, 0.6) is 0 Å². The third-order valence-electron chi connectivity index (χ3n) is 1.24. The molecule has 0 amide bonds. The highest BCUT2D eigenvalue weighted by Gasteiger charge is 1.98. The lowest BCUT2D eigenvalue weighted by Crippen LogP contribution is -2.14. The Morgan fingerprint density at radius 2 is 1.43 bits per heavy atom. The van der Waals surface area contributed by atoms with Gasteiger partial charge in [-0.3, -0.25) is 0 Å². The number of alkyl halides is 1. The summed E-state index contributed by atoms with van der Waals surface area (Å²) < 4.78 is 26.4. The number of aliphatic hydroxyl groups is 2. The zero-order valence-electron chi connectivity index (χ0n) is 8.02. The zero-order valence-corrected chi connectivity index (χ0v) is 8.02. The van der Waals surface area contributed by atoms with Crippen LogP contribution in [-0.2, 0) is 14.2 Å². The number of hydrogen-bond acceptors (Lipinski definition) is 5. The van der Waals surface area contributed by atoms with Crippen LogP contribution in [0.2, 0.25) is 0 Å². The summed E-state index contributed by atoms with van der Waals surface area (Å²) in [6.45, 7) is 1.35. The Morgan fingerprint density at radius 1 is 0.929 bits per heavy atom. The maximum Gasteiger partial charge on any atom is 0.220 e. The van der Waals surface area contributed by atoms with Crippen LogP contribution in [-0.4, -0.2) is 62.8 Å². The molecule has 2 N–H and O–H groups in total. The summed E-state index contributed by atoms with van der Waals surface area (Å²) in [5, 5.41) is 16.5. The van der Waals surface area contributed by atoms with Gasteiger partial charge in [0, 0.05) is 0 Å². The Labute approximate surface area is 82.4 Å². The predicted molar refractivity (Wildman–Crippen MR) is 46.7 cm³/mol. The largest absolute Gasteiger partial charge is 0.394 e. The van der Waals surface area contributed by atoms with Gasteiger partial charge in [0.1, 0.15) is 6.61 Å². The Balaban J connectivity index is 2.85. The number of halogens is 1. The van der Waals surface area contributed by atoms with Crippen molar-refractivity contribution in [2.75, 3.05) is 46.2 Å². The van der Waals surface area contributed by atoms with Crippen molar-refractivity contribution in [3.63, 3.8) is 0 Å². The second kappa shape index (κ2) is 10.8. The summed E-state index contributed by atoms with van der Waals surface area (Å²) in [4.78, 5) is 0. The molecule has 0 heterocycles. The molecular formula is C8H17FO5. The quantitative estimate of drug-likeness (QED) is 0.469. The first-order valence-corrected chi connectivity index (χ1v) is 4.43. The lowest BCUT2D eigenvalue weighted by Gasteiger charge is -2.06. The molecule has 86 valence electrons. The van der Waals surface area contributed by atoms with Gasteiger partial charge in [0.15, 0.2) is 0 Å². The van der Waals surface area contributed by atoms with Gasteiger partial charge in [0.05, 0.1) is 39.6 Å². The Hall–Kier alpha value is -0.270. The topological polar surface area (TPSA) is 68.2 Å². The second-order valence-corrected chi connectivity index (χ2v) is 2.46. The maximum atomic E-state index is 11.8. The van der Waals surface area contributed by atoms with E-state index in [1.807, 2.05) is 0 Å². The highest BCUT2D eigenvalue weighted by Crippen LogP contribution is 1.86. The second-order valence-electron chi connectivity index (χ2n) is 2.46. The summed E-state index contributed by atoms with van der Waals surface area (Å²) >= 11 is 0. The monoisotopic (exact) mass is 212 g/mol. The van der Waals surface area contributed by atoms with Crippen molar-refractivity contribution < 1.29 is 28.8 Å². The summed E-state index contributed by atoms with van der Waals surface area (Å²) in [6, 6.07) is 0. The summed E-state index contributed by atoms with van der Waals surface area (Å²) in [5.74, 6) is 0. The van der Waals surface area contributed by atoms with Gasteiger partial charge >= 0.3 is 0 Å². The van der Waals surface area contributed by atoms with Crippen molar-refractivity contribution >= 4 is 0 Å². The van der Waals surface area contributed by atoms with Crippen molar-refractivity contribution in [2.24, 2.45) is 0 Å². The standard InChI is InChI=1S/C8H17FO5/c9-8(11)7-14-6-5-13-4-3-12-2-1-10/h8,10-11H,1-7H2. The van der Waals surface area contributed by atoms with Gasteiger partial charge < -0.3 is 24.4 Å². The summed E-state index contributed by atoms with van der Waals surface area (Å²) in [7, 11) is 0. The summed E-state index contributed by atoms with van der Waals surface area (Å²) in [5.41, 5.74) is 0. The van der Waals surface area contributed by atoms with E-state index in [2.05, 4.69) is 0 Å². The molecule has 0 saturated heterocycles. The molecule has 6 heteroatoms. The molecule has 0 aliphatic heterocycles. The molecule has 1 unspecified atom stereocenters. The van der Waals surface area contributed by atoms with Gasteiger partial charge in [-0.2, -0.15) is 0 Å². The van der Waals surface area contributed by atoms with Crippen molar-refractivity contribution in [1.29, 1.82) is 0 Å². The van der Waals surface area contributed by atoms with Crippen molar-refractivity contribution in [3.8, 4) is 0 Å². The van der Waals surface area contributed by atoms with Gasteiger partial charge in [0.2, 0.25) is 6.36 Å². The van der Waals surface area contributed by atoms with Crippen LogP contribution in [0, 0.1) is 0 Å². The highest BCUT2D eigenvalue weighted by atomic mass is 19.1. The number of hydrogen-bond donors (Lipinski definition) is 2. The van der Waals surface area contributed by atoms with E-state index in [-0.39, 0.29) is 19.8 Å². The van der Waals surface area contributed by atoms with Crippen LogP contribution in [0.1, 0.15) is 0 Å².